The fourth-order valence-corrected chi connectivity index (χ4v) is 9.45. The van der Waals surface area contributed by atoms with Gasteiger partial charge in [-0.2, -0.15) is 26.6 Å². The van der Waals surface area contributed by atoms with Crippen LogP contribution in [0.2, 0.25) is 0 Å². The molecule has 2 aromatic heterocycles. The zero-order valence-electron chi connectivity index (χ0n) is 37.6. The van der Waals surface area contributed by atoms with Crippen LogP contribution in [-0.4, -0.2) is 64.3 Å². The molecule has 1 saturated heterocycles. The molecule has 358 valence electrons. The number of H-pyrrole nitrogens is 1. The maximum absolute atomic E-state index is 14.8. The quantitative estimate of drug-likeness (QED) is 0.0542. The van der Waals surface area contributed by atoms with Crippen molar-refractivity contribution >= 4 is 33.1 Å². The highest BCUT2D eigenvalue weighted by Gasteiger charge is 2.58. The monoisotopic (exact) mass is 969 g/mol. The van der Waals surface area contributed by atoms with E-state index in [4.69, 9.17) is 18.4 Å². The number of imidazole rings is 1. The molecule has 1 aliphatic rings. The minimum Gasteiger partial charge on any atom is -0.358 e. The van der Waals surface area contributed by atoms with Crippen LogP contribution in [0.15, 0.2) is 193 Å². The molecule has 2 N–H and O–H groups in total. The van der Waals surface area contributed by atoms with Gasteiger partial charge in [0.2, 0.25) is 11.9 Å². The molecule has 0 bridgehead atoms. The van der Waals surface area contributed by atoms with Gasteiger partial charge in [0.05, 0.1) is 12.9 Å². The molecule has 3 heterocycles. The van der Waals surface area contributed by atoms with Gasteiger partial charge in [0, 0.05) is 5.92 Å². The number of rotatable bonds is 16. The number of benzene rings is 6. The summed E-state index contributed by atoms with van der Waals surface area (Å²) in [6.45, 7) is 2.77. The van der Waals surface area contributed by atoms with Crippen LogP contribution in [-0.2, 0) is 44.5 Å². The second-order valence-electron chi connectivity index (χ2n) is 16.9. The zero-order chi connectivity index (χ0) is 49.1. The first-order chi connectivity index (χ1) is 33.7. The predicted molar refractivity (Wildman–Crippen MR) is 255 cm³/mol. The fourth-order valence-electron chi connectivity index (χ4n) is 8.85. The van der Waals surface area contributed by atoms with Gasteiger partial charge in [-0.3, -0.25) is 28.6 Å². The van der Waals surface area contributed by atoms with Gasteiger partial charge in [-0.25, -0.2) is 4.98 Å². The molecular formula is C53H46F3N5O8S. The lowest BCUT2D eigenvalue weighted by Gasteiger charge is -2.41. The Morgan fingerprint density at radius 2 is 1.10 bits per heavy atom. The average Bonchev–Trinajstić information content (AvgIpc) is 3.95. The average molecular weight is 970 g/mol. The van der Waals surface area contributed by atoms with Gasteiger partial charge in [-0.15, -0.1) is 0 Å². The van der Waals surface area contributed by atoms with Crippen LogP contribution in [0.4, 0.5) is 19.1 Å². The molecule has 0 spiro atoms. The summed E-state index contributed by atoms with van der Waals surface area (Å²) in [5.74, 6) is -1.35. The topological polar surface area (TPSA) is 164 Å². The summed E-state index contributed by atoms with van der Waals surface area (Å²) >= 11 is 0. The summed E-state index contributed by atoms with van der Waals surface area (Å²) in [5, 5.41) is 2.53. The SMILES string of the molecule is CC(C)C(=O)Nc1nc2c(ncn2[C@@H]2O[C@H](COC(c3ccccc3)(c3ccccc3)c3ccccc3)[C@@H](OC(c3ccccc3)(c3ccccc3)c3ccccc3)[C@H]2OS(=O)(=O)C(F)(F)F)c(=O)[nH]1. The molecule has 0 radical (unpaired) electrons. The Morgan fingerprint density at radius 3 is 1.50 bits per heavy atom. The molecule has 6 aromatic carbocycles. The van der Waals surface area contributed by atoms with Crippen molar-refractivity contribution in [1.82, 2.24) is 19.5 Å². The Labute approximate surface area is 401 Å². The van der Waals surface area contributed by atoms with Crippen molar-refractivity contribution in [1.29, 1.82) is 0 Å². The number of aromatic amines is 1. The third-order valence-electron chi connectivity index (χ3n) is 12.1. The van der Waals surface area contributed by atoms with Crippen molar-refractivity contribution in [3.05, 3.63) is 232 Å². The van der Waals surface area contributed by atoms with E-state index in [-0.39, 0.29) is 17.1 Å². The molecule has 4 atom stereocenters. The predicted octanol–water partition coefficient (Wildman–Crippen LogP) is 9.23. The van der Waals surface area contributed by atoms with Crippen LogP contribution in [0.3, 0.4) is 0 Å². The van der Waals surface area contributed by atoms with Crippen LogP contribution in [0, 0.1) is 5.92 Å². The lowest BCUT2D eigenvalue weighted by molar-refractivity contribution is -0.131. The molecule has 1 fully saturated rings. The number of amides is 1. The zero-order valence-corrected chi connectivity index (χ0v) is 38.5. The standard InChI is InChI=1S/C53H46F3N5O8S/c1-35(2)47(62)59-50-58-46-43(48(63)60-50)57-34-61(46)49-45(69-70(64,65)53(54,55)56)44(68-52(39-27-15-6-16-28-39,40-29-17-7-18-30-40)41-31-19-8-20-32-41)42(67-49)33-66-51(36-21-9-3-10-22-36,37-23-11-4-12-24-37)38-25-13-5-14-26-38/h3-32,34-35,42,44-45,49H,33H2,1-2H3,(H2,58,59,60,62,63)/t42-,44-,45-,49-/m1/s1. The van der Waals surface area contributed by atoms with E-state index in [1.165, 1.54) is 0 Å². The number of carbonyl (C=O) groups is 1. The molecule has 17 heteroatoms. The Morgan fingerprint density at radius 1 is 0.686 bits per heavy atom. The highest BCUT2D eigenvalue weighted by Crippen LogP contribution is 2.48. The van der Waals surface area contributed by atoms with Gasteiger partial charge in [0.25, 0.3) is 5.56 Å². The summed E-state index contributed by atoms with van der Waals surface area (Å²) in [6, 6.07) is 54.8. The minimum atomic E-state index is -6.46. The number of anilines is 1. The summed E-state index contributed by atoms with van der Waals surface area (Å²) in [5.41, 5.74) is -6.84. The van der Waals surface area contributed by atoms with Crippen molar-refractivity contribution < 1.29 is 44.8 Å². The summed E-state index contributed by atoms with van der Waals surface area (Å²) in [7, 11) is -6.46. The van der Waals surface area contributed by atoms with Gasteiger partial charge in [0.1, 0.15) is 23.4 Å². The summed E-state index contributed by atoms with van der Waals surface area (Å²) in [4.78, 5) is 37.5. The molecule has 1 amide bonds. The Bertz CT molecular complexity index is 3030. The number of nitrogens with one attached hydrogen (secondary N) is 2. The first-order valence-electron chi connectivity index (χ1n) is 22.3. The maximum atomic E-state index is 14.8. The molecule has 0 saturated carbocycles. The van der Waals surface area contributed by atoms with E-state index in [1.807, 2.05) is 91.0 Å². The van der Waals surface area contributed by atoms with E-state index < -0.39 is 75.4 Å². The second-order valence-corrected chi connectivity index (χ2v) is 18.4. The van der Waals surface area contributed by atoms with Crippen molar-refractivity contribution in [2.24, 2.45) is 5.92 Å². The van der Waals surface area contributed by atoms with Crippen LogP contribution in [0.25, 0.3) is 11.2 Å². The first kappa shape index (κ1) is 47.8. The number of aromatic nitrogens is 4. The van der Waals surface area contributed by atoms with E-state index in [0.29, 0.717) is 33.4 Å². The lowest BCUT2D eigenvalue weighted by atomic mass is 9.79. The highest BCUT2D eigenvalue weighted by atomic mass is 32.2. The first-order valence-corrected chi connectivity index (χ1v) is 23.7. The van der Waals surface area contributed by atoms with Crippen LogP contribution >= 0.6 is 0 Å². The summed E-state index contributed by atoms with van der Waals surface area (Å²) < 4.78 is 99.5. The molecule has 13 nitrogen and oxygen atoms in total. The van der Waals surface area contributed by atoms with E-state index in [1.54, 1.807) is 105 Å². The van der Waals surface area contributed by atoms with E-state index >= 15 is 0 Å². The Balaban J connectivity index is 1.30. The number of hydrogen-bond acceptors (Lipinski definition) is 10. The van der Waals surface area contributed by atoms with E-state index in [2.05, 4.69) is 20.3 Å². The third kappa shape index (κ3) is 9.05. The second kappa shape index (κ2) is 19.6. The van der Waals surface area contributed by atoms with Gasteiger partial charge >= 0.3 is 15.6 Å². The van der Waals surface area contributed by atoms with Crippen molar-refractivity contribution in [2.45, 2.75) is 55.1 Å². The molecule has 0 aliphatic carbocycles. The van der Waals surface area contributed by atoms with Crippen molar-refractivity contribution in [3.63, 3.8) is 0 Å². The van der Waals surface area contributed by atoms with Gasteiger partial charge in [-0.1, -0.05) is 196 Å². The van der Waals surface area contributed by atoms with Gasteiger partial charge < -0.3 is 14.2 Å². The number of carbonyl (C=O) groups excluding carboxylic acids is 1. The molecule has 1 aliphatic heterocycles. The van der Waals surface area contributed by atoms with Gasteiger partial charge in [-0.05, 0) is 33.4 Å². The lowest BCUT2D eigenvalue weighted by Crippen LogP contribution is -2.48. The molecule has 8 aromatic rings. The third-order valence-corrected chi connectivity index (χ3v) is 13.2. The van der Waals surface area contributed by atoms with Crippen molar-refractivity contribution in [2.75, 3.05) is 11.9 Å². The molecule has 0 unspecified atom stereocenters. The Hall–Kier alpha value is -7.28. The fraction of sp³-hybridized carbons (Fsp3) is 0.208. The minimum absolute atomic E-state index is 0.279. The van der Waals surface area contributed by atoms with Crippen LogP contribution in [0.1, 0.15) is 53.5 Å². The molecule has 70 heavy (non-hydrogen) atoms. The van der Waals surface area contributed by atoms with Crippen LogP contribution in [0.5, 0.6) is 0 Å². The van der Waals surface area contributed by atoms with Gasteiger partial charge in [0.15, 0.2) is 23.5 Å². The number of halogens is 3. The smallest absolute Gasteiger partial charge is 0.358 e. The number of ether oxygens (including phenoxy) is 3. The molecule has 9 rings (SSSR count). The highest BCUT2D eigenvalue weighted by molar-refractivity contribution is 7.87. The molecular weight excluding hydrogens is 924 g/mol. The van der Waals surface area contributed by atoms with Crippen LogP contribution < -0.4 is 10.9 Å². The Kier molecular flexibility index (Phi) is 13.4. The van der Waals surface area contributed by atoms with Crippen molar-refractivity contribution in [3.8, 4) is 0 Å². The largest absolute Gasteiger partial charge is 0.523 e. The summed E-state index contributed by atoms with van der Waals surface area (Å²) in [6.07, 6.45) is -6.26. The van der Waals surface area contributed by atoms with E-state index in [9.17, 15) is 31.2 Å². The number of alkyl halides is 3. The maximum Gasteiger partial charge on any atom is 0.523 e. The number of fused-ring (bicyclic) bond motifs is 1. The van der Waals surface area contributed by atoms with E-state index in [0.717, 1.165) is 10.9 Å². The normalized spacial score (nSPS) is 17.7. The number of hydrogen-bond donors (Lipinski definition) is 2. The number of nitrogens with zero attached hydrogens (tertiary/aromatic N) is 3.